The number of nitrogens with two attached hydrogens (primary N) is 1. The van der Waals surface area contributed by atoms with Gasteiger partial charge in [0.1, 0.15) is 11.5 Å². The van der Waals surface area contributed by atoms with Crippen LogP contribution in [0.3, 0.4) is 0 Å². The van der Waals surface area contributed by atoms with E-state index in [1.54, 1.807) is 72.6 Å². The van der Waals surface area contributed by atoms with Crippen LogP contribution in [-0.2, 0) is 6.54 Å². The van der Waals surface area contributed by atoms with Crippen molar-refractivity contribution >= 4 is 35.0 Å². The molecule has 3 aromatic rings. The first-order chi connectivity index (χ1) is 13.8. The van der Waals surface area contributed by atoms with Gasteiger partial charge in [-0.25, -0.2) is 0 Å². The molecule has 0 atom stereocenters. The number of hydrogen-bond donors (Lipinski definition) is 1. The van der Waals surface area contributed by atoms with Gasteiger partial charge in [-0.05, 0) is 60.2 Å². The number of nitrogens with zero attached hydrogens (tertiary/aromatic N) is 1. The smallest absolute Gasteiger partial charge is 0.253 e. The first-order valence-corrected chi connectivity index (χ1v) is 9.47. The van der Waals surface area contributed by atoms with Crippen LogP contribution in [0, 0.1) is 0 Å². The van der Waals surface area contributed by atoms with Crippen LogP contribution in [0.1, 0.15) is 26.3 Å². The Morgan fingerprint density at radius 1 is 0.897 bits per heavy atom. The highest BCUT2D eigenvalue weighted by Gasteiger charge is 2.14. The summed E-state index contributed by atoms with van der Waals surface area (Å²) in [6.45, 7) is 0.336. The van der Waals surface area contributed by atoms with Crippen molar-refractivity contribution < 1.29 is 14.3 Å². The summed E-state index contributed by atoms with van der Waals surface area (Å²) in [6.07, 6.45) is 0. The molecule has 0 unspecified atom stereocenters. The van der Waals surface area contributed by atoms with E-state index in [1.807, 2.05) is 6.07 Å². The molecule has 0 aliphatic rings. The average Bonchev–Trinajstić information content (AvgIpc) is 2.72. The Morgan fingerprint density at radius 2 is 1.45 bits per heavy atom. The van der Waals surface area contributed by atoms with Crippen LogP contribution in [-0.4, -0.2) is 23.8 Å². The van der Waals surface area contributed by atoms with Gasteiger partial charge < -0.3 is 15.4 Å². The molecule has 0 heterocycles. The molecule has 29 heavy (non-hydrogen) atoms. The van der Waals surface area contributed by atoms with E-state index < -0.39 is 5.91 Å². The fourth-order valence-electron chi connectivity index (χ4n) is 2.71. The van der Waals surface area contributed by atoms with Gasteiger partial charge in [-0.15, -0.1) is 0 Å². The van der Waals surface area contributed by atoms with E-state index in [0.29, 0.717) is 39.2 Å². The number of carbonyl (C=O) groups excluding carboxylic acids is 2. The summed E-state index contributed by atoms with van der Waals surface area (Å²) in [5.41, 5.74) is 6.91. The molecular weight excluding hydrogens is 411 g/mol. The van der Waals surface area contributed by atoms with Crippen LogP contribution in [0.4, 0.5) is 0 Å². The maximum Gasteiger partial charge on any atom is 0.253 e. The third-order valence-corrected chi connectivity index (χ3v) is 5.12. The van der Waals surface area contributed by atoms with Crippen LogP contribution in [0.25, 0.3) is 0 Å². The lowest BCUT2D eigenvalue weighted by Crippen LogP contribution is -2.26. The quantitative estimate of drug-likeness (QED) is 0.589. The summed E-state index contributed by atoms with van der Waals surface area (Å²) in [5.74, 6) is 0.469. The molecule has 7 heteroatoms. The Morgan fingerprint density at radius 3 is 2.00 bits per heavy atom. The highest BCUT2D eigenvalue weighted by Crippen LogP contribution is 2.27. The van der Waals surface area contributed by atoms with Gasteiger partial charge in [0.2, 0.25) is 5.91 Å². The van der Waals surface area contributed by atoms with Crippen LogP contribution in [0.15, 0.2) is 66.7 Å². The normalized spacial score (nSPS) is 10.4. The van der Waals surface area contributed by atoms with E-state index in [1.165, 1.54) is 0 Å². The number of amides is 2. The lowest BCUT2D eigenvalue weighted by molar-refractivity contribution is 0.0785. The van der Waals surface area contributed by atoms with Crippen molar-refractivity contribution in [3.63, 3.8) is 0 Å². The zero-order valence-electron chi connectivity index (χ0n) is 15.6. The molecule has 3 rings (SSSR count). The Labute approximate surface area is 178 Å². The Balaban J connectivity index is 1.66. The minimum absolute atomic E-state index is 0.154. The predicted octanol–water partition coefficient (Wildman–Crippen LogP) is 5.16. The fourth-order valence-corrected chi connectivity index (χ4v) is 3.09. The minimum atomic E-state index is -0.498. The molecule has 0 saturated carbocycles. The van der Waals surface area contributed by atoms with Crippen molar-refractivity contribution in [2.75, 3.05) is 7.05 Å². The van der Waals surface area contributed by atoms with Gasteiger partial charge in [-0.1, -0.05) is 35.3 Å². The molecule has 0 saturated heterocycles. The van der Waals surface area contributed by atoms with Gasteiger partial charge in [-0.2, -0.15) is 0 Å². The van der Waals surface area contributed by atoms with E-state index in [-0.39, 0.29) is 5.91 Å². The van der Waals surface area contributed by atoms with E-state index in [4.69, 9.17) is 33.7 Å². The van der Waals surface area contributed by atoms with E-state index in [0.717, 1.165) is 5.56 Å². The van der Waals surface area contributed by atoms with E-state index in [9.17, 15) is 9.59 Å². The molecule has 148 valence electrons. The van der Waals surface area contributed by atoms with Crippen molar-refractivity contribution in [3.05, 3.63) is 93.5 Å². The first kappa shape index (κ1) is 20.7. The number of carbonyl (C=O) groups is 2. The highest BCUT2D eigenvalue weighted by atomic mass is 35.5. The number of benzene rings is 3. The summed E-state index contributed by atoms with van der Waals surface area (Å²) in [6, 6.07) is 18.6. The van der Waals surface area contributed by atoms with Gasteiger partial charge >= 0.3 is 0 Å². The first-order valence-electron chi connectivity index (χ1n) is 8.71. The molecule has 0 aromatic heterocycles. The van der Waals surface area contributed by atoms with Crippen molar-refractivity contribution in [2.24, 2.45) is 5.73 Å². The molecule has 5 nitrogen and oxygen atoms in total. The van der Waals surface area contributed by atoms with E-state index in [2.05, 4.69) is 0 Å². The molecule has 3 aromatic carbocycles. The molecule has 2 N–H and O–H groups in total. The monoisotopic (exact) mass is 428 g/mol. The van der Waals surface area contributed by atoms with Gasteiger partial charge in [-0.3, -0.25) is 9.59 Å². The number of primary amides is 1. The second-order valence-corrected chi connectivity index (χ2v) is 7.17. The molecular formula is C22H18Cl2N2O3. The van der Waals surface area contributed by atoms with Gasteiger partial charge in [0.25, 0.3) is 5.91 Å². The predicted molar refractivity (Wildman–Crippen MR) is 114 cm³/mol. The molecule has 2 amide bonds. The summed E-state index contributed by atoms with van der Waals surface area (Å²) < 4.78 is 5.72. The molecule has 0 aliphatic heterocycles. The zero-order valence-corrected chi connectivity index (χ0v) is 17.1. The standard InChI is InChI=1S/C22H18Cl2N2O3/c1-26(13-16-3-2-4-19(23)20(16)24)22(28)15-7-11-18(12-8-15)29-17-9-5-14(6-10-17)21(25)27/h2-12H,13H2,1H3,(H2,25,27). The number of halogens is 2. The lowest BCUT2D eigenvalue weighted by atomic mass is 10.1. The topological polar surface area (TPSA) is 72.6 Å². The number of rotatable bonds is 6. The van der Waals surface area contributed by atoms with Crippen molar-refractivity contribution in [2.45, 2.75) is 6.54 Å². The largest absolute Gasteiger partial charge is 0.457 e. The minimum Gasteiger partial charge on any atom is -0.457 e. The van der Waals surface area contributed by atoms with Crippen molar-refractivity contribution in [1.82, 2.24) is 4.90 Å². The van der Waals surface area contributed by atoms with E-state index >= 15 is 0 Å². The van der Waals surface area contributed by atoms with Gasteiger partial charge in [0.15, 0.2) is 0 Å². The van der Waals surface area contributed by atoms with Crippen LogP contribution in [0.5, 0.6) is 11.5 Å². The second kappa shape index (κ2) is 8.99. The third-order valence-electron chi connectivity index (χ3n) is 4.26. The maximum atomic E-state index is 12.7. The Kier molecular flexibility index (Phi) is 6.42. The van der Waals surface area contributed by atoms with Crippen molar-refractivity contribution in [3.8, 4) is 11.5 Å². The third kappa shape index (κ3) is 5.08. The zero-order chi connectivity index (χ0) is 21.0. The SMILES string of the molecule is CN(Cc1cccc(Cl)c1Cl)C(=O)c1ccc(Oc2ccc(C(N)=O)cc2)cc1. The Bertz CT molecular complexity index is 1030. The highest BCUT2D eigenvalue weighted by molar-refractivity contribution is 6.42. The summed E-state index contributed by atoms with van der Waals surface area (Å²) >= 11 is 12.2. The number of ether oxygens (including phenoxy) is 1. The van der Waals surface area contributed by atoms with Crippen LogP contribution < -0.4 is 10.5 Å². The maximum absolute atomic E-state index is 12.7. The molecule has 0 fully saturated rings. The van der Waals surface area contributed by atoms with Gasteiger partial charge in [0.05, 0.1) is 10.0 Å². The second-order valence-electron chi connectivity index (χ2n) is 6.39. The average molecular weight is 429 g/mol. The molecule has 0 spiro atoms. The molecule has 0 aliphatic carbocycles. The fraction of sp³-hybridized carbons (Fsp3) is 0.0909. The van der Waals surface area contributed by atoms with Crippen LogP contribution >= 0.6 is 23.2 Å². The summed E-state index contributed by atoms with van der Waals surface area (Å²) in [7, 11) is 1.70. The molecule has 0 bridgehead atoms. The summed E-state index contributed by atoms with van der Waals surface area (Å²) in [5, 5.41) is 0.898. The van der Waals surface area contributed by atoms with Crippen LogP contribution in [0.2, 0.25) is 10.0 Å². The van der Waals surface area contributed by atoms with Crippen molar-refractivity contribution in [1.29, 1.82) is 0 Å². The van der Waals surface area contributed by atoms with Gasteiger partial charge in [0, 0.05) is 24.7 Å². The number of hydrogen-bond acceptors (Lipinski definition) is 3. The molecule has 0 radical (unpaired) electrons. The Hall–Kier alpha value is -3.02. The lowest BCUT2D eigenvalue weighted by Gasteiger charge is -2.18. The summed E-state index contributed by atoms with van der Waals surface area (Å²) in [4.78, 5) is 25.4.